The van der Waals surface area contributed by atoms with Crippen LogP contribution in [0, 0.1) is 0 Å². The molecule has 0 radical (unpaired) electrons. The number of pyridine rings is 1. The Morgan fingerprint density at radius 1 is 0.900 bits per heavy atom. The smallest absolute Gasteiger partial charge is 0.290 e. The van der Waals surface area contributed by atoms with E-state index >= 15 is 0 Å². The monoisotopic (exact) mass is 540 g/mol. The summed E-state index contributed by atoms with van der Waals surface area (Å²) in [7, 11) is 0. The Balaban J connectivity index is 0.00000141. The molecule has 40 heavy (non-hydrogen) atoms. The van der Waals surface area contributed by atoms with E-state index in [2.05, 4.69) is 11.9 Å². The van der Waals surface area contributed by atoms with Crippen LogP contribution in [0.4, 0.5) is 0 Å². The van der Waals surface area contributed by atoms with Gasteiger partial charge < -0.3 is 19.8 Å². The lowest BCUT2D eigenvalue weighted by atomic mass is 10.0. The van der Waals surface area contributed by atoms with Crippen LogP contribution in [-0.4, -0.2) is 39.1 Å². The third-order valence-corrected chi connectivity index (χ3v) is 6.35. The molecule has 1 heterocycles. The van der Waals surface area contributed by atoms with Crippen LogP contribution < -0.4 is 4.74 Å². The molecule has 0 bridgehead atoms. The lowest BCUT2D eigenvalue weighted by Gasteiger charge is -2.29. The normalized spacial score (nSPS) is 11.1. The number of rotatable bonds is 12. The molecule has 0 spiro atoms. The zero-order chi connectivity index (χ0) is 28.6. The highest BCUT2D eigenvalue weighted by Crippen LogP contribution is 2.28. The van der Waals surface area contributed by atoms with E-state index in [1.54, 1.807) is 24.5 Å². The number of unbranched alkanes of at least 4 members (excludes halogenated alkanes) is 3. The molecule has 0 saturated carbocycles. The molecule has 208 valence electrons. The van der Waals surface area contributed by atoms with Crippen molar-refractivity contribution in [1.29, 1.82) is 0 Å². The second-order valence-electron chi connectivity index (χ2n) is 9.16. The van der Waals surface area contributed by atoms with E-state index in [4.69, 9.17) is 14.6 Å². The number of carbonyl (C=O) groups is 2. The van der Waals surface area contributed by atoms with Crippen molar-refractivity contribution in [3.05, 3.63) is 120 Å². The molecule has 1 amide bonds. The average Bonchev–Trinajstić information content (AvgIpc) is 3.01. The second-order valence-corrected chi connectivity index (χ2v) is 9.16. The SMILES string of the molecule is CCCCCCOc1ccccc1CN(C(=O)c1ccc(-c2cccnc2)cc1)C(O)c1ccccc1.O=CO. The van der Waals surface area contributed by atoms with Crippen LogP contribution >= 0.6 is 0 Å². The third-order valence-electron chi connectivity index (χ3n) is 6.35. The van der Waals surface area contributed by atoms with Gasteiger partial charge >= 0.3 is 0 Å². The van der Waals surface area contributed by atoms with Gasteiger partial charge in [-0.2, -0.15) is 0 Å². The molecule has 0 saturated heterocycles. The number of para-hydroxylation sites is 1. The Kier molecular flexibility index (Phi) is 12.4. The minimum Gasteiger partial charge on any atom is -0.493 e. The minimum absolute atomic E-state index is 0.213. The van der Waals surface area contributed by atoms with Crippen LogP contribution in [0.2, 0.25) is 0 Å². The van der Waals surface area contributed by atoms with Gasteiger partial charge in [0, 0.05) is 29.1 Å². The van der Waals surface area contributed by atoms with Crippen LogP contribution in [0.3, 0.4) is 0 Å². The molecule has 0 aliphatic carbocycles. The molecule has 1 unspecified atom stereocenters. The number of hydrogen-bond donors (Lipinski definition) is 2. The summed E-state index contributed by atoms with van der Waals surface area (Å²) >= 11 is 0. The minimum atomic E-state index is -1.11. The summed E-state index contributed by atoms with van der Waals surface area (Å²) < 4.78 is 6.09. The van der Waals surface area contributed by atoms with Crippen molar-refractivity contribution in [1.82, 2.24) is 9.88 Å². The first kappa shape index (κ1) is 30.1. The van der Waals surface area contributed by atoms with Gasteiger partial charge in [-0.25, -0.2) is 0 Å². The lowest BCUT2D eigenvalue weighted by Crippen LogP contribution is -2.34. The Hall–Kier alpha value is -4.49. The highest BCUT2D eigenvalue weighted by Gasteiger charge is 2.26. The molecule has 7 heteroatoms. The van der Waals surface area contributed by atoms with Crippen molar-refractivity contribution < 1.29 is 24.5 Å². The molecule has 2 N–H and O–H groups in total. The molecule has 4 rings (SSSR count). The van der Waals surface area contributed by atoms with Gasteiger partial charge in [0.25, 0.3) is 12.4 Å². The summed E-state index contributed by atoms with van der Waals surface area (Å²) in [6.45, 7) is 2.78. The van der Waals surface area contributed by atoms with E-state index in [0.717, 1.165) is 35.3 Å². The van der Waals surface area contributed by atoms with Gasteiger partial charge in [0.1, 0.15) is 5.75 Å². The Morgan fingerprint density at radius 3 is 2.27 bits per heavy atom. The highest BCUT2D eigenvalue weighted by atomic mass is 16.5. The summed E-state index contributed by atoms with van der Waals surface area (Å²) in [5, 5.41) is 18.2. The molecular formula is C33H36N2O5. The molecule has 0 fully saturated rings. The lowest BCUT2D eigenvalue weighted by molar-refractivity contribution is -0.122. The number of hydrogen-bond acceptors (Lipinski definition) is 5. The maximum absolute atomic E-state index is 13.8. The fraction of sp³-hybridized carbons (Fsp3) is 0.242. The van der Waals surface area contributed by atoms with Crippen LogP contribution in [0.1, 0.15) is 60.3 Å². The Morgan fingerprint density at radius 2 is 1.60 bits per heavy atom. The van der Waals surface area contributed by atoms with E-state index < -0.39 is 6.23 Å². The average molecular weight is 541 g/mol. The quantitative estimate of drug-likeness (QED) is 0.117. The van der Waals surface area contributed by atoms with Crippen molar-refractivity contribution in [3.63, 3.8) is 0 Å². The number of ether oxygens (including phenoxy) is 1. The van der Waals surface area contributed by atoms with E-state index in [-0.39, 0.29) is 18.9 Å². The van der Waals surface area contributed by atoms with E-state index in [1.807, 2.05) is 78.9 Å². The summed E-state index contributed by atoms with van der Waals surface area (Å²) in [5.74, 6) is 0.482. The maximum atomic E-state index is 13.8. The third kappa shape index (κ3) is 8.78. The Bertz CT molecular complexity index is 1300. The van der Waals surface area contributed by atoms with Crippen LogP contribution in [0.5, 0.6) is 5.75 Å². The molecular weight excluding hydrogens is 504 g/mol. The summed E-state index contributed by atoms with van der Waals surface area (Å²) in [5.41, 5.74) is 3.96. The van der Waals surface area contributed by atoms with Gasteiger partial charge in [0.15, 0.2) is 6.23 Å². The van der Waals surface area contributed by atoms with Crippen LogP contribution in [-0.2, 0) is 11.3 Å². The topological polar surface area (TPSA) is 100.0 Å². The molecule has 4 aromatic rings. The number of carbonyl (C=O) groups excluding carboxylic acids is 1. The first-order valence-electron chi connectivity index (χ1n) is 13.4. The zero-order valence-electron chi connectivity index (χ0n) is 22.7. The molecule has 7 nitrogen and oxygen atoms in total. The van der Waals surface area contributed by atoms with Crippen molar-refractivity contribution in [2.45, 2.75) is 45.4 Å². The number of amides is 1. The molecule has 3 aromatic carbocycles. The van der Waals surface area contributed by atoms with Gasteiger partial charge in [-0.15, -0.1) is 0 Å². The predicted molar refractivity (Wildman–Crippen MR) is 156 cm³/mol. The summed E-state index contributed by atoms with van der Waals surface area (Å²) in [6, 6.07) is 28.3. The predicted octanol–water partition coefficient (Wildman–Crippen LogP) is 6.74. The van der Waals surface area contributed by atoms with Crippen molar-refractivity contribution in [2.24, 2.45) is 0 Å². The Labute approximate surface area is 235 Å². The summed E-state index contributed by atoms with van der Waals surface area (Å²) in [4.78, 5) is 27.8. The largest absolute Gasteiger partial charge is 0.493 e. The standard InChI is InChI=1S/C32H34N2O3.CH2O2/c1-2-3-4-10-22-37-30-16-9-8-14-29(30)24-34(31(35)26-12-6-5-7-13-26)32(36)27-19-17-25(18-20-27)28-15-11-21-33-23-28;2-1-3/h5-9,11-21,23,31,35H,2-4,10,22,24H2,1H3;1H,(H,2,3). The number of carboxylic acid groups (broad SMARTS) is 1. The van der Waals surface area contributed by atoms with E-state index in [9.17, 15) is 9.90 Å². The maximum Gasteiger partial charge on any atom is 0.290 e. The fourth-order valence-electron chi connectivity index (χ4n) is 4.25. The number of aromatic nitrogens is 1. The van der Waals surface area contributed by atoms with Crippen molar-refractivity contribution in [2.75, 3.05) is 6.61 Å². The van der Waals surface area contributed by atoms with Crippen molar-refractivity contribution >= 4 is 12.4 Å². The molecule has 1 aromatic heterocycles. The number of aliphatic hydroxyl groups is 1. The zero-order valence-corrected chi connectivity index (χ0v) is 22.7. The van der Waals surface area contributed by atoms with Crippen LogP contribution in [0.25, 0.3) is 11.1 Å². The van der Waals surface area contributed by atoms with Gasteiger partial charge in [-0.1, -0.05) is 92.9 Å². The van der Waals surface area contributed by atoms with Gasteiger partial charge in [0.2, 0.25) is 0 Å². The van der Waals surface area contributed by atoms with Gasteiger partial charge in [0.05, 0.1) is 13.2 Å². The molecule has 1 atom stereocenters. The molecule has 0 aliphatic rings. The van der Waals surface area contributed by atoms with Crippen LogP contribution in [0.15, 0.2) is 103 Å². The number of benzene rings is 3. The molecule has 0 aliphatic heterocycles. The van der Waals surface area contributed by atoms with E-state index in [0.29, 0.717) is 17.7 Å². The highest BCUT2D eigenvalue weighted by molar-refractivity contribution is 5.95. The van der Waals surface area contributed by atoms with Gasteiger partial charge in [-0.3, -0.25) is 14.6 Å². The first-order valence-corrected chi connectivity index (χ1v) is 13.4. The second kappa shape index (κ2) is 16.5. The fourth-order valence-corrected chi connectivity index (χ4v) is 4.25. The van der Waals surface area contributed by atoms with E-state index in [1.165, 1.54) is 17.7 Å². The first-order chi connectivity index (χ1) is 19.6. The number of nitrogens with zero attached hydrogens (tertiary/aromatic N) is 2. The summed E-state index contributed by atoms with van der Waals surface area (Å²) in [6.07, 6.45) is 6.90. The van der Waals surface area contributed by atoms with Crippen molar-refractivity contribution in [3.8, 4) is 16.9 Å². The van der Waals surface area contributed by atoms with Gasteiger partial charge in [-0.05, 0) is 41.8 Å². The number of aliphatic hydroxyl groups excluding tert-OH is 1.